The number of halogens is 3. The zero-order chi connectivity index (χ0) is 24.6. The molecular weight excluding hydrogens is 481 g/mol. The van der Waals surface area contributed by atoms with E-state index in [0.717, 1.165) is 35.0 Å². The molecule has 34 heavy (non-hydrogen) atoms. The smallest absolute Gasteiger partial charge is 0.355 e. The summed E-state index contributed by atoms with van der Waals surface area (Å²) in [7, 11) is 0. The summed E-state index contributed by atoms with van der Waals surface area (Å²) < 4.78 is 38.5. The second-order valence-corrected chi connectivity index (χ2v) is 10.1. The van der Waals surface area contributed by atoms with Crippen molar-refractivity contribution in [1.82, 2.24) is 5.32 Å². The van der Waals surface area contributed by atoms with Crippen LogP contribution in [0.2, 0.25) is 0 Å². The fourth-order valence-corrected chi connectivity index (χ4v) is 5.39. The van der Waals surface area contributed by atoms with Gasteiger partial charge in [-0.15, -0.1) is 0 Å². The van der Waals surface area contributed by atoms with Crippen molar-refractivity contribution in [2.24, 2.45) is 0 Å². The maximum atomic E-state index is 13.2. The summed E-state index contributed by atoms with van der Waals surface area (Å²) in [5, 5.41) is 2.88. The summed E-state index contributed by atoms with van der Waals surface area (Å²) >= 11 is 3.12. The van der Waals surface area contributed by atoms with Crippen LogP contribution in [0.15, 0.2) is 58.3 Å². The molecule has 0 saturated carbocycles. The summed E-state index contributed by atoms with van der Waals surface area (Å²) in [6, 6.07) is 11.9. The molecule has 0 atom stereocenters. The van der Waals surface area contributed by atoms with Gasteiger partial charge >= 0.3 is 6.18 Å². The van der Waals surface area contributed by atoms with E-state index >= 15 is 0 Å². The van der Waals surface area contributed by atoms with Crippen molar-refractivity contribution in [3.8, 4) is 0 Å². The molecule has 0 spiro atoms. The molecule has 0 aliphatic carbocycles. The topological polar surface area (TPSA) is 49.4 Å². The molecule has 0 saturated heterocycles. The maximum Gasteiger partial charge on any atom is 0.416 e. The van der Waals surface area contributed by atoms with Crippen LogP contribution in [-0.2, 0) is 15.8 Å². The Bertz CT molecular complexity index is 1020. The lowest BCUT2D eigenvalue weighted by Gasteiger charge is -2.29. The van der Waals surface area contributed by atoms with Gasteiger partial charge in [0, 0.05) is 11.4 Å². The summed E-state index contributed by atoms with van der Waals surface area (Å²) in [5.74, 6) is 1.49. The number of hydrogen-bond donors (Lipinski definition) is 1. The summed E-state index contributed by atoms with van der Waals surface area (Å²) in [6.07, 6.45) is 0.357. The largest absolute Gasteiger partial charge is 0.416 e. The van der Waals surface area contributed by atoms with Crippen molar-refractivity contribution in [2.45, 2.75) is 37.3 Å². The van der Waals surface area contributed by atoms with Crippen LogP contribution in [0.4, 0.5) is 18.9 Å². The zero-order valence-electron chi connectivity index (χ0n) is 18.9. The van der Waals surface area contributed by atoms with E-state index in [-0.39, 0.29) is 18.4 Å². The van der Waals surface area contributed by atoms with Gasteiger partial charge in [-0.05, 0) is 60.3 Å². The number of benzene rings is 2. The molecule has 0 aromatic heterocycles. The van der Waals surface area contributed by atoms with Gasteiger partial charge in [0.05, 0.1) is 16.2 Å². The molecule has 0 unspecified atom stereocenters. The lowest BCUT2D eigenvalue weighted by Crippen LogP contribution is -2.43. The predicted molar refractivity (Wildman–Crippen MR) is 134 cm³/mol. The van der Waals surface area contributed by atoms with Crippen molar-refractivity contribution < 1.29 is 22.8 Å². The summed E-state index contributed by atoms with van der Waals surface area (Å²) in [5.41, 5.74) is 0.380. The van der Waals surface area contributed by atoms with Crippen LogP contribution in [0.5, 0.6) is 0 Å². The van der Waals surface area contributed by atoms with Gasteiger partial charge in [-0.25, -0.2) is 0 Å². The van der Waals surface area contributed by atoms with E-state index < -0.39 is 11.7 Å². The highest BCUT2D eigenvalue weighted by molar-refractivity contribution is 8.04. The van der Waals surface area contributed by atoms with Crippen LogP contribution < -0.4 is 10.2 Å². The maximum absolute atomic E-state index is 13.2. The lowest BCUT2D eigenvalue weighted by molar-refractivity contribution is -0.137. The zero-order valence-corrected chi connectivity index (χ0v) is 20.5. The minimum Gasteiger partial charge on any atom is -0.355 e. The third-order valence-electron chi connectivity index (χ3n) is 5.10. The van der Waals surface area contributed by atoms with Crippen LogP contribution in [0, 0.1) is 0 Å². The van der Waals surface area contributed by atoms with Gasteiger partial charge in [-0.3, -0.25) is 14.5 Å². The summed E-state index contributed by atoms with van der Waals surface area (Å²) in [6.45, 7) is 2.58. The molecule has 1 aliphatic rings. The second-order valence-electron chi connectivity index (χ2n) is 7.76. The molecule has 0 fully saturated rings. The number of unbranched alkanes of at least 4 members (excludes halogenated alkanes) is 1. The monoisotopic (exact) mass is 508 g/mol. The van der Waals surface area contributed by atoms with E-state index in [1.807, 2.05) is 23.9 Å². The van der Waals surface area contributed by atoms with E-state index in [9.17, 15) is 22.8 Å². The molecule has 0 bridgehead atoms. The Morgan fingerprint density at radius 2 is 1.79 bits per heavy atom. The van der Waals surface area contributed by atoms with Crippen LogP contribution >= 0.6 is 23.5 Å². The minimum absolute atomic E-state index is 0.121. The van der Waals surface area contributed by atoms with E-state index in [1.165, 1.54) is 41.6 Å². The molecule has 182 valence electrons. The van der Waals surface area contributed by atoms with Gasteiger partial charge in [0.1, 0.15) is 6.54 Å². The Morgan fingerprint density at radius 3 is 2.50 bits per heavy atom. The first kappa shape index (κ1) is 26.2. The Kier molecular flexibility index (Phi) is 9.53. The SMILES string of the molecule is CCCCSCCCNC(=O)CN1C(=O)/C(=C/c2ccc(C(F)(F)F)cc2)Sc2ccccc21. The van der Waals surface area contributed by atoms with E-state index in [2.05, 4.69) is 12.2 Å². The Morgan fingerprint density at radius 1 is 1.09 bits per heavy atom. The number of thioether (sulfide) groups is 2. The Balaban J connectivity index is 1.68. The highest BCUT2D eigenvalue weighted by Gasteiger charge is 2.31. The van der Waals surface area contributed by atoms with Crippen LogP contribution in [0.1, 0.15) is 37.3 Å². The molecule has 9 heteroatoms. The number of nitrogens with zero attached hydrogens (tertiary/aromatic N) is 1. The number of carbonyl (C=O) groups is 2. The molecule has 1 N–H and O–H groups in total. The molecule has 0 radical (unpaired) electrons. The van der Waals surface area contributed by atoms with Crippen molar-refractivity contribution in [3.63, 3.8) is 0 Å². The average Bonchev–Trinajstić information content (AvgIpc) is 2.81. The first-order chi connectivity index (χ1) is 16.3. The van der Waals surface area contributed by atoms with Crippen molar-refractivity contribution in [1.29, 1.82) is 0 Å². The van der Waals surface area contributed by atoms with Crippen LogP contribution in [0.25, 0.3) is 6.08 Å². The molecule has 1 heterocycles. The first-order valence-electron chi connectivity index (χ1n) is 11.1. The average molecular weight is 509 g/mol. The lowest BCUT2D eigenvalue weighted by atomic mass is 10.1. The number of carbonyl (C=O) groups excluding carboxylic acids is 2. The van der Waals surface area contributed by atoms with Crippen molar-refractivity contribution in [2.75, 3.05) is 29.5 Å². The number of nitrogens with one attached hydrogen (secondary N) is 1. The minimum atomic E-state index is -4.42. The molecule has 2 aromatic carbocycles. The van der Waals surface area contributed by atoms with Gasteiger partial charge in [0.15, 0.2) is 0 Å². The quantitative estimate of drug-likeness (QED) is 0.306. The number of hydrogen-bond acceptors (Lipinski definition) is 4. The number of anilines is 1. The number of fused-ring (bicyclic) bond motifs is 1. The van der Waals surface area contributed by atoms with Crippen molar-refractivity contribution in [3.05, 3.63) is 64.6 Å². The van der Waals surface area contributed by atoms with E-state index in [4.69, 9.17) is 0 Å². The molecular formula is C25H27F3N2O2S2. The van der Waals surface area contributed by atoms with E-state index in [0.29, 0.717) is 22.7 Å². The highest BCUT2D eigenvalue weighted by atomic mass is 32.2. The van der Waals surface area contributed by atoms with Gasteiger partial charge in [0.2, 0.25) is 5.91 Å². The highest BCUT2D eigenvalue weighted by Crippen LogP contribution is 2.42. The second kappa shape index (κ2) is 12.4. The normalized spacial score (nSPS) is 14.9. The van der Waals surface area contributed by atoms with Crippen molar-refractivity contribution >= 4 is 47.1 Å². The number of rotatable bonds is 10. The van der Waals surface area contributed by atoms with Gasteiger partial charge in [-0.2, -0.15) is 24.9 Å². The van der Waals surface area contributed by atoms with Crippen LogP contribution in [0.3, 0.4) is 0 Å². The molecule has 1 aliphatic heterocycles. The molecule has 4 nitrogen and oxygen atoms in total. The summed E-state index contributed by atoms with van der Waals surface area (Å²) in [4.78, 5) is 28.3. The fraction of sp³-hybridized carbons (Fsp3) is 0.360. The Labute approximate surface area is 206 Å². The van der Waals surface area contributed by atoms with E-state index in [1.54, 1.807) is 18.2 Å². The van der Waals surface area contributed by atoms with Gasteiger partial charge in [-0.1, -0.05) is 49.4 Å². The standard InChI is InChI=1S/C25H27F3N2O2S2/c1-2-3-14-33-15-6-13-29-23(31)17-30-20-7-4-5-8-21(20)34-22(24(30)32)16-18-9-11-19(12-10-18)25(26,27)28/h4-5,7-12,16H,2-3,6,13-15,17H2,1H3,(H,29,31)/b22-16-. The number of amides is 2. The number of alkyl halides is 3. The van der Waals surface area contributed by atoms with Gasteiger partial charge in [0.25, 0.3) is 5.91 Å². The predicted octanol–water partition coefficient (Wildman–Crippen LogP) is 6.22. The fourth-order valence-electron chi connectivity index (χ4n) is 3.29. The molecule has 2 amide bonds. The molecule has 2 aromatic rings. The molecule has 3 rings (SSSR count). The first-order valence-corrected chi connectivity index (χ1v) is 13.1. The third kappa shape index (κ3) is 7.30. The van der Waals surface area contributed by atoms with Gasteiger partial charge < -0.3 is 5.32 Å². The Hall–Kier alpha value is -2.39. The number of para-hydroxylation sites is 1. The third-order valence-corrected chi connectivity index (χ3v) is 7.33. The van der Waals surface area contributed by atoms with Crippen LogP contribution in [-0.4, -0.2) is 36.4 Å².